The molecule has 0 saturated carbocycles. The molecule has 4 heteroatoms. The SMILES string of the molecule is COc1cccc(C(O)CSc2ccc(N)cc2C)c1. The van der Waals surface area contributed by atoms with Crippen molar-refractivity contribution in [3.63, 3.8) is 0 Å². The fourth-order valence-electron chi connectivity index (χ4n) is 1.95. The van der Waals surface area contributed by atoms with Crippen molar-refractivity contribution in [1.82, 2.24) is 0 Å². The molecule has 0 radical (unpaired) electrons. The van der Waals surface area contributed by atoms with Crippen molar-refractivity contribution >= 4 is 17.4 Å². The Balaban J connectivity index is 2.02. The number of hydrogen-bond donors (Lipinski definition) is 2. The lowest BCUT2D eigenvalue weighted by atomic mass is 10.1. The third kappa shape index (κ3) is 3.68. The van der Waals surface area contributed by atoms with Crippen molar-refractivity contribution in [2.45, 2.75) is 17.9 Å². The molecular formula is C16H19NO2S. The maximum Gasteiger partial charge on any atom is 0.119 e. The predicted molar refractivity (Wildman–Crippen MR) is 84.3 cm³/mol. The first-order valence-corrected chi connectivity index (χ1v) is 7.39. The first kappa shape index (κ1) is 14.8. The van der Waals surface area contributed by atoms with Gasteiger partial charge in [0.15, 0.2) is 0 Å². The number of hydrogen-bond acceptors (Lipinski definition) is 4. The third-order valence-corrected chi connectivity index (χ3v) is 4.33. The zero-order chi connectivity index (χ0) is 14.5. The van der Waals surface area contributed by atoms with Crippen LogP contribution >= 0.6 is 11.8 Å². The highest BCUT2D eigenvalue weighted by Gasteiger charge is 2.10. The molecule has 0 saturated heterocycles. The van der Waals surface area contributed by atoms with Crippen LogP contribution in [0.2, 0.25) is 0 Å². The fourth-order valence-corrected chi connectivity index (χ4v) is 2.93. The van der Waals surface area contributed by atoms with Gasteiger partial charge in [0.25, 0.3) is 0 Å². The number of nitrogens with two attached hydrogens (primary N) is 1. The molecule has 3 nitrogen and oxygen atoms in total. The average molecular weight is 289 g/mol. The number of nitrogen functional groups attached to an aromatic ring is 1. The highest BCUT2D eigenvalue weighted by Crippen LogP contribution is 2.29. The van der Waals surface area contributed by atoms with E-state index in [4.69, 9.17) is 10.5 Å². The van der Waals surface area contributed by atoms with Gasteiger partial charge < -0.3 is 15.6 Å². The topological polar surface area (TPSA) is 55.5 Å². The van der Waals surface area contributed by atoms with Crippen LogP contribution in [-0.2, 0) is 0 Å². The number of aliphatic hydroxyl groups excluding tert-OH is 1. The number of anilines is 1. The van der Waals surface area contributed by atoms with Crippen LogP contribution in [0.3, 0.4) is 0 Å². The molecule has 0 bridgehead atoms. The molecule has 0 spiro atoms. The van der Waals surface area contributed by atoms with E-state index in [-0.39, 0.29) is 0 Å². The van der Waals surface area contributed by atoms with Gasteiger partial charge in [-0.1, -0.05) is 12.1 Å². The maximum absolute atomic E-state index is 10.2. The number of thioether (sulfide) groups is 1. The molecule has 1 atom stereocenters. The lowest BCUT2D eigenvalue weighted by Gasteiger charge is -2.13. The molecule has 3 N–H and O–H groups in total. The van der Waals surface area contributed by atoms with E-state index in [0.29, 0.717) is 5.75 Å². The molecule has 2 aromatic rings. The monoisotopic (exact) mass is 289 g/mol. The molecule has 2 aromatic carbocycles. The fraction of sp³-hybridized carbons (Fsp3) is 0.250. The Labute approximate surface area is 123 Å². The summed E-state index contributed by atoms with van der Waals surface area (Å²) in [5, 5.41) is 10.2. The van der Waals surface area contributed by atoms with Crippen LogP contribution in [0.15, 0.2) is 47.4 Å². The van der Waals surface area contributed by atoms with Crippen molar-refractivity contribution in [3.8, 4) is 5.75 Å². The second-order valence-corrected chi connectivity index (χ2v) is 5.69. The number of rotatable bonds is 5. The molecule has 0 aliphatic heterocycles. The van der Waals surface area contributed by atoms with E-state index in [1.54, 1.807) is 18.9 Å². The number of aryl methyl sites for hydroxylation is 1. The molecule has 0 aliphatic carbocycles. The molecule has 0 aromatic heterocycles. The van der Waals surface area contributed by atoms with Crippen molar-refractivity contribution in [2.75, 3.05) is 18.6 Å². The summed E-state index contributed by atoms with van der Waals surface area (Å²) < 4.78 is 5.17. The molecule has 0 amide bonds. The summed E-state index contributed by atoms with van der Waals surface area (Å²) in [6.45, 7) is 2.02. The standard InChI is InChI=1S/C16H19NO2S/c1-11-8-13(17)6-7-16(11)20-10-15(18)12-4-3-5-14(9-12)19-2/h3-9,15,18H,10,17H2,1-2H3. The van der Waals surface area contributed by atoms with Crippen LogP contribution in [0.25, 0.3) is 0 Å². The van der Waals surface area contributed by atoms with E-state index in [9.17, 15) is 5.11 Å². The second-order valence-electron chi connectivity index (χ2n) is 4.63. The quantitative estimate of drug-likeness (QED) is 0.654. The summed E-state index contributed by atoms with van der Waals surface area (Å²) in [5.41, 5.74) is 8.50. The first-order valence-electron chi connectivity index (χ1n) is 6.41. The molecule has 0 heterocycles. The molecule has 20 heavy (non-hydrogen) atoms. The van der Waals surface area contributed by atoms with Gasteiger partial charge in [0.2, 0.25) is 0 Å². The van der Waals surface area contributed by atoms with Crippen molar-refractivity contribution < 1.29 is 9.84 Å². The summed E-state index contributed by atoms with van der Waals surface area (Å²) in [6.07, 6.45) is -0.521. The average Bonchev–Trinajstić information content (AvgIpc) is 2.46. The zero-order valence-electron chi connectivity index (χ0n) is 11.7. The Morgan fingerprint density at radius 2 is 2.05 bits per heavy atom. The number of ether oxygens (including phenoxy) is 1. The second kappa shape index (κ2) is 6.68. The first-order chi connectivity index (χ1) is 9.60. The summed E-state index contributed by atoms with van der Waals surface area (Å²) in [7, 11) is 1.62. The summed E-state index contributed by atoms with van der Waals surface area (Å²) >= 11 is 1.63. The van der Waals surface area contributed by atoms with Crippen LogP contribution in [-0.4, -0.2) is 18.0 Å². The van der Waals surface area contributed by atoms with Gasteiger partial charge in [-0.2, -0.15) is 0 Å². The van der Waals surface area contributed by atoms with E-state index in [0.717, 1.165) is 27.5 Å². The van der Waals surface area contributed by atoms with Gasteiger partial charge in [0.05, 0.1) is 13.2 Å². The van der Waals surface area contributed by atoms with Crippen LogP contribution in [0.5, 0.6) is 5.75 Å². The zero-order valence-corrected chi connectivity index (χ0v) is 12.5. The van der Waals surface area contributed by atoms with Crippen LogP contribution in [0.4, 0.5) is 5.69 Å². The van der Waals surface area contributed by atoms with Gasteiger partial charge in [0.1, 0.15) is 5.75 Å². The third-order valence-electron chi connectivity index (χ3n) is 3.07. The Bertz CT molecular complexity index is 586. The summed E-state index contributed by atoms with van der Waals surface area (Å²) in [6, 6.07) is 13.3. The smallest absolute Gasteiger partial charge is 0.119 e. The summed E-state index contributed by atoms with van der Waals surface area (Å²) in [5.74, 6) is 1.35. The van der Waals surface area contributed by atoms with Crippen LogP contribution < -0.4 is 10.5 Å². The van der Waals surface area contributed by atoms with E-state index in [1.807, 2.05) is 49.4 Å². The lowest BCUT2D eigenvalue weighted by molar-refractivity contribution is 0.203. The largest absolute Gasteiger partial charge is 0.497 e. The van der Waals surface area contributed by atoms with Gasteiger partial charge in [-0.15, -0.1) is 11.8 Å². The van der Waals surface area contributed by atoms with Gasteiger partial charge >= 0.3 is 0 Å². The number of benzene rings is 2. The minimum absolute atomic E-state index is 0.521. The van der Waals surface area contributed by atoms with Gasteiger partial charge in [-0.05, 0) is 48.4 Å². The Morgan fingerprint density at radius 1 is 1.25 bits per heavy atom. The molecule has 0 aliphatic rings. The van der Waals surface area contributed by atoms with Crippen molar-refractivity contribution in [2.24, 2.45) is 0 Å². The minimum atomic E-state index is -0.521. The maximum atomic E-state index is 10.2. The van der Waals surface area contributed by atoms with Crippen LogP contribution in [0.1, 0.15) is 17.2 Å². The van der Waals surface area contributed by atoms with Crippen LogP contribution in [0, 0.1) is 6.92 Å². The predicted octanol–water partition coefficient (Wildman–Crippen LogP) is 3.41. The molecule has 106 valence electrons. The van der Waals surface area contributed by atoms with Gasteiger partial charge in [0, 0.05) is 16.3 Å². The lowest BCUT2D eigenvalue weighted by Crippen LogP contribution is -2.01. The highest BCUT2D eigenvalue weighted by molar-refractivity contribution is 7.99. The van der Waals surface area contributed by atoms with Gasteiger partial charge in [-0.25, -0.2) is 0 Å². The number of methoxy groups -OCH3 is 1. The van der Waals surface area contributed by atoms with E-state index in [2.05, 4.69) is 0 Å². The van der Waals surface area contributed by atoms with Crippen molar-refractivity contribution in [3.05, 3.63) is 53.6 Å². The van der Waals surface area contributed by atoms with E-state index >= 15 is 0 Å². The van der Waals surface area contributed by atoms with Crippen molar-refractivity contribution in [1.29, 1.82) is 0 Å². The number of aliphatic hydroxyl groups is 1. The molecule has 0 fully saturated rings. The Morgan fingerprint density at radius 3 is 2.75 bits per heavy atom. The highest BCUT2D eigenvalue weighted by atomic mass is 32.2. The normalized spacial score (nSPS) is 12.2. The molecular weight excluding hydrogens is 270 g/mol. The molecule has 1 unspecified atom stereocenters. The summed E-state index contributed by atoms with van der Waals surface area (Å²) in [4.78, 5) is 1.14. The Hall–Kier alpha value is -1.65. The van der Waals surface area contributed by atoms with E-state index in [1.165, 1.54) is 0 Å². The molecule has 2 rings (SSSR count). The Kier molecular flexibility index (Phi) is 4.93. The minimum Gasteiger partial charge on any atom is -0.497 e. The van der Waals surface area contributed by atoms with Gasteiger partial charge in [-0.3, -0.25) is 0 Å². The van der Waals surface area contributed by atoms with E-state index < -0.39 is 6.10 Å².